The quantitative estimate of drug-likeness (QED) is 0.425. The van der Waals surface area contributed by atoms with Gasteiger partial charge in [-0.2, -0.15) is 0 Å². The zero-order chi connectivity index (χ0) is 9.68. The molecule has 1 rings (SSSR count). The molecule has 1 heterocycles. The van der Waals surface area contributed by atoms with Crippen LogP contribution in [-0.2, 0) is 6.54 Å². The van der Waals surface area contributed by atoms with Gasteiger partial charge >= 0.3 is 0 Å². The van der Waals surface area contributed by atoms with Gasteiger partial charge in [0.1, 0.15) is 0 Å². The number of azide groups is 1. The number of pyridine rings is 1. The Morgan fingerprint density at radius 3 is 3.15 bits per heavy atom. The lowest BCUT2D eigenvalue weighted by molar-refractivity contribution is 0.392. The first-order chi connectivity index (χ1) is 6.29. The third-order valence-electron chi connectivity index (χ3n) is 1.44. The molecule has 0 aliphatic carbocycles. The van der Waals surface area contributed by atoms with Gasteiger partial charge in [0.05, 0.1) is 18.7 Å². The Morgan fingerprint density at radius 2 is 2.54 bits per heavy atom. The van der Waals surface area contributed by atoms with Crippen molar-refractivity contribution in [1.82, 2.24) is 4.98 Å². The van der Waals surface area contributed by atoms with Gasteiger partial charge in [-0.05, 0) is 11.6 Å². The lowest BCUT2D eigenvalue weighted by Crippen LogP contribution is -1.94. The second kappa shape index (κ2) is 4.54. The van der Waals surface area contributed by atoms with Crippen molar-refractivity contribution in [1.29, 1.82) is 0 Å². The van der Waals surface area contributed by atoms with Gasteiger partial charge in [-0.3, -0.25) is 0 Å². The van der Waals surface area contributed by atoms with E-state index in [-0.39, 0.29) is 6.54 Å². The molecule has 0 unspecified atom stereocenters. The molecule has 1 aromatic rings. The number of halogens is 1. The summed E-state index contributed by atoms with van der Waals surface area (Å²) in [7, 11) is 1.48. The molecule has 0 fully saturated rings. The summed E-state index contributed by atoms with van der Waals surface area (Å²) in [6.07, 6.45) is 1.53. The number of nitrogens with zero attached hydrogens (tertiary/aromatic N) is 4. The van der Waals surface area contributed by atoms with Crippen molar-refractivity contribution in [2.24, 2.45) is 5.11 Å². The normalized spacial score (nSPS) is 9.08. The minimum atomic E-state index is 0.145. The Morgan fingerprint density at radius 1 is 1.77 bits per heavy atom. The third-order valence-corrected chi connectivity index (χ3v) is 1.80. The molecule has 0 N–H and O–H groups in total. The van der Waals surface area contributed by atoms with E-state index in [0.29, 0.717) is 16.5 Å². The van der Waals surface area contributed by atoms with Gasteiger partial charge in [-0.15, -0.1) is 0 Å². The fraction of sp³-hybridized carbons (Fsp3) is 0.286. The summed E-state index contributed by atoms with van der Waals surface area (Å²) in [6, 6.07) is 1.62. The highest BCUT2D eigenvalue weighted by Crippen LogP contribution is 2.24. The van der Waals surface area contributed by atoms with E-state index in [4.69, 9.17) is 21.9 Å². The summed E-state index contributed by atoms with van der Waals surface area (Å²) in [5, 5.41) is 3.87. The number of aromatic nitrogens is 1. The molecule has 0 atom stereocenters. The first-order valence-corrected chi connectivity index (χ1v) is 3.85. The van der Waals surface area contributed by atoms with Crippen LogP contribution in [0.25, 0.3) is 10.4 Å². The van der Waals surface area contributed by atoms with Crippen LogP contribution in [0, 0.1) is 0 Å². The number of rotatable bonds is 3. The molecule has 13 heavy (non-hydrogen) atoms. The van der Waals surface area contributed by atoms with Crippen molar-refractivity contribution in [3.63, 3.8) is 0 Å². The summed E-state index contributed by atoms with van der Waals surface area (Å²) in [4.78, 5) is 6.55. The van der Waals surface area contributed by atoms with Gasteiger partial charge in [-0.1, -0.05) is 16.7 Å². The van der Waals surface area contributed by atoms with E-state index < -0.39 is 0 Å². The van der Waals surface area contributed by atoms with Crippen LogP contribution in [0.1, 0.15) is 5.56 Å². The highest BCUT2D eigenvalue weighted by atomic mass is 35.5. The predicted molar refractivity (Wildman–Crippen MR) is 48.6 cm³/mol. The summed E-state index contributed by atoms with van der Waals surface area (Å²) in [6.45, 7) is 0.145. The average Bonchev–Trinajstić information content (AvgIpc) is 2.15. The molecular weight excluding hydrogens is 192 g/mol. The van der Waals surface area contributed by atoms with Gasteiger partial charge in [0.25, 0.3) is 0 Å². The van der Waals surface area contributed by atoms with Crippen LogP contribution < -0.4 is 4.74 Å². The predicted octanol–water partition coefficient (Wildman–Crippen LogP) is 2.55. The topological polar surface area (TPSA) is 70.9 Å². The molecule has 0 aromatic carbocycles. The number of methoxy groups -OCH3 is 1. The lowest BCUT2D eigenvalue weighted by Gasteiger charge is -2.05. The minimum absolute atomic E-state index is 0.145. The Labute approximate surface area is 79.9 Å². The maximum atomic E-state index is 8.14. The molecule has 5 nitrogen and oxygen atoms in total. The van der Waals surface area contributed by atoms with E-state index >= 15 is 0 Å². The van der Waals surface area contributed by atoms with Crippen molar-refractivity contribution in [2.75, 3.05) is 7.11 Å². The van der Waals surface area contributed by atoms with Crippen molar-refractivity contribution >= 4 is 11.6 Å². The minimum Gasteiger partial charge on any atom is -0.481 e. The Balaban J connectivity index is 3.06. The summed E-state index contributed by atoms with van der Waals surface area (Å²) in [5.74, 6) is 0.389. The van der Waals surface area contributed by atoms with E-state index in [9.17, 15) is 0 Å². The molecule has 1 aromatic heterocycles. The van der Waals surface area contributed by atoms with Crippen LogP contribution >= 0.6 is 11.6 Å². The van der Waals surface area contributed by atoms with Crippen molar-refractivity contribution in [2.45, 2.75) is 6.54 Å². The smallest absolute Gasteiger partial charge is 0.217 e. The van der Waals surface area contributed by atoms with Gasteiger partial charge in [0.15, 0.2) is 0 Å². The highest BCUT2D eigenvalue weighted by Gasteiger charge is 2.06. The summed E-state index contributed by atoms with van der Waals surface area (Å²) in [5.41, 5.74) is 8.74. The molecule has 0 saturated heterocycles. The summed E-state index contributed by atoms with van der Waals surface area (Å²) >= 11 is 5.84. The summed E-state index contributed by atoms with van der Waals surface area (Å²) < 4.78 is 4.94. The highest BCUT2D eigenvalue weighted by molar-refractivity contribution is 6.31. The van der Waals surface area contributed by atoms with E-state index in [1.807, 2.05) is 0 Å². The molecule has 0 amide bonds. The van der Waals surface area contributed by atoms with Gasteiger partial charge in [0, 0.05) is 16.7 Å². The van der Waals surface area contributed by atoms with Gasteiger partial charge in [0.2, 0.25) is 5.88 Å². The monoisotopic (exact) mass is 198 g/mol. The SMILES string of the molecule is COc1nccc(Cl)c1CN=[N+]=[N-]. The standard InChI is InChI=1S/C7H7ClN4O/c1-13-7-5(4-11-12-9)6(8)2-3-10-7/h2-3H,4H2,1H3. The molecule has 0 radical (unpaired) electrons. The molecule has 0 aliphatic heterocycles. The maximum Gasteiger partial charge on any atom is 0.217 e. The molecular formula is C7H7ClN4O. The third kappa shape index (κ3) is 2.24. The molecule has 6 heteroatoms. The van der Waals surface area contributed by atoms with Crippen molar-refractivity contribution < 1.29 is 4.74 Å². The van der Waals surface area contributed by atoms with Crippen LogP contribution in [0.3, 0.4) is 0 Å². The van der Waals surface area contributed by atoms with Gasteiger partial charge in [-0.25, -0.2) is 4.98 Å². The van der Waals surface area contributed by atoms with E-state index in [1.54, 1.807) is 6.07 Å². The van der Waals surface area contributed by atoms with Gasteiger partial charge < -0.3 is 4.74 Å². The van der Waals surface area contributed by atoms with Crippen molar-refractivity contribution in [3.05, 3.63) is 33.3 Å². The fourth-order valence-electron chi connectivity index (χ4n) is 0.872. The maximum absolute atomic E-state index is 8.14. The van der Waals surface area contributed by atoms with Crippen LogP contribution in [0.2, 0.25) is 5.02 Å². The fourth-order valence-corrected chi connectivity index (χ4v) is 1.07. The zero-order valence-corrected chi connectivity index (χ0v) is 7.69. The molecule has 0 spiro atoms. The van der Waals surface area contributed by atoms with Crippen LogP contribution in [0.4, 0.5) is 0 Å². The number of ether oxygens (including phenoxy) is 1. The van der Waals surface area contributed by atoms with Crippen LogP contribution in [0.15, 0.2) is 17.4 Å². The van der Waals surface area contributed by atoms with E-state index in [1.165, 1.54) is 13.3 Å². The molecule has 0 bridgehead atoms. The van der Waals surface area contributed by atoms with Crippen LogP contribution in [0.5, 0.6) is 5.88 Å². The number of hydrogen-bond acceptors (Lipinski definition) is 3. The molecule has 0 aliphatic rings. The Bertz CT molecular complexity index is 348. The zero-order valence-electron chi connectivity index (χ0n) is 6.94. The first kappa shape index (κ1) is 9.64. The van der Waals surface area contributed by atoms with E-state index in [0.717, 1.165) is 0 Å². The second-order valence-corrected chi connectivity index (χ2v) is 2.58. The molecule has 0 saturated carbocycles. The van der Waals surface area contributed by atoms with Crippen LogP contribution in [-0.4, -0.2) is 12.1 Å². The largest absolute Gasteiger partial charge is 0.481 e. The number of hydrogen-bond donors (Lipinski definition) is 0. The Kier molecular flexibility index (Phi) is 3.37. The second-order valence-electron chi connectivity index (χ2n) is 2.17. The Hall–Kier alpha value is -1.45. The lowest BCUT2D eigenvalue weighted by atomic mass is 10.3. The first-order valence-electron chi connectivity index (χ1n) is 3.47. The molecule has 68 valence electrons. The van der Waals surface area contributed by atoms with Crippen molar-refractivity contribution in [3.8, 4) is 5.88 Å². The average molecular weight is 199 g/mol. The van der Waals surface area contributed by atoms with E-state index in [2.05, 4.69) is 15.0 Å².